The first-order valence-electron chi connectivity index (χ1n) is 6.38. The first-order chi connectivity index (χ1) is 9.68. The van der Waals surface area contributed by atoms with Crippen molar-refractivity contribution in [2.45, 2.75) is 37.1 Å². The Kier molecular flexibility index (Phi) is 4.54. The van der Waals surface area contributed by atoms with Crippen LogP contribution < -0.4 is 4.72 Å². The van der Waals surface area contributed by atoms with Gasteiger partial charge < -0.3 is 5.11 Å². The van der Waals surface area contributed by atoms with E-state index in [4.69, 9.17) is 23.2 Å². The maximum Gasteiger partial charge on any atom is 0.310 e. The molecular weight excluding hydrogens is 337 g/mol. The number of benzene rings is 1. The number of hydrogen-bond acceptors (Lipinski definition) is 3. The highest BCUT2D eigenvalue weighted by atomic mass is 35.5. The molecule has 1 aliphatic carbocycles. The normalized spacial score (nSPS) is 26.0. The van der Waals surface area contributed by atoms with Gasteiger partial charge in [-0.3, -0.25) is 4.79 Å². The molecule has 1 aromatic carbocycles. The number of carboxylic acids is 1. The van der Waals surface area contributed by atoms with Crippen LogP contribution in [0.3, 0.4) is 0 Å². The van der Waals surface area contributed by atoms with Gasteiger partial charge in [0.05, 0.1) is 15.5 Å². The first kappa shape index (κ1) is 16.5. The van der Waals surface area contributed by atoms with Crippen LogP contribution in [0.1, 0.15) is 26.2 Å². The summed E-state index contributed by atoms with van der Waals surface area (Å²) in [6.07, 6.45) is 1.55. The zero-order valence-corrected chi connectivity index (χ0v) is 13.6. The molecule has 1 aromatic rings. The minimum absolute atomic E-state index is 0.0679. The fourth-order valence-electron chi connectivity index (χ4n) is 2.55. The molecule has 2 N–H and O–H groups in total. The Balaban J connectivity index is 2.34. The summed E-state index contributed by atoms with van der Waals surface area (Å²) < 4.78 is 27.3. The van der Waals surface area contributed by atoms with Crippen LogP contribution in [0.4, 0.5) is 0 Å². The van der Waals surface area contributed by atoms with Crippen molar-refractivity contribution >= 4 is 39.2 Å². The predicted octanol–water partition coefficient (Wildman–Crippen LogP) is 2.92. The second-order valence-electron chi connectivity index (χ2n) is 5.34. The third-order valence-electron chi connectivity index (χ3n) is 3.95. The Morgan fingerprint density at radius 2 is 2.10 bits per heavy atom. The van der Waals surface area contributed by atoms with Crippen molar-refractivity contribution in [1.29, 1.82) is 0 Å². The van der Waals surface area contributed by atoms with E-state index in [1.165, 1.54) is 18.2 Å². The fourth-order valence-corrected chi connectivity index (χ4v) is 4.70. The van der Waals surface area contributed by atoms with Crippen LogP contribution in [-0.2, 0) is 14.8 Å². The summed E-state index contributed by atoms with van der Waals surface area (Å²) >= 11 is 11.8. The Bertz CT molecular complexity index is 677. The Morgan fingerprint density at radius 3 is 2.71 bits per heavy atom. The largest absolute Gasteiger partial charge is 0.481 e. The summed E-state index contributed by atoms with van der Waals surface area (Å²) in [6.45, 7) is 1.55. The van der Waals surface area contributed by atoms with E-state index in [1.54, 1.807) is 6.92 Å². The van der Waals surface area contributed by atoms with E-state index in [9.17, 15) is 18.3 Å². The van der Waals surface area contributed by atoms with Gasteiger partial charge in [0, 0.05) is 6.04 Å². The number of carbonyl (C=O) groups is 1. The lowest BCUT2D eigenvalue weighted by Crippen LogP contribution is -2.46. The van der Waals surface area contributed by atoms with Gasteiger partial charge in [-0.2, -0.15) is 0 Å². The third kappa shape index (κ3) is 3.04. The molecule has 1 saturated carbocycles. The standard InChI is InChI=1S/C13H15Cl2NO4S/c1-13(12(17)18)7-3-6-10(13)16-21(19,20)9-5-2-4-8(14)11(9)15/h2,4-5,10,16H,3,6-7H2,1H3,(H,17,18). The van der Waals surface area contributed by atoms with E-state index < -0.39 is 27.4 Å². The van der Waals surface area contributed by atoms with Gasteiger partial charge in [-0.25, -0.2) is 13.1 Å². The molecular formula is C13H15Cl2NO4S. The molecule has 0 aromatic heterocycles. The Hall–Kier alpha value is -0.820. The average molecular weight is 352 g/mol. The van der Waals surface area contributed by atoms with Crippen LogP contribution in [0.2, 0.25) is 10.0 Å². The number of hydrogen-bond donors (Lipinski definition) is 2. The van der Waals surface area contributed by atoms with Crippen molar-refractivity contribution in [2.24, 2.45) is 5.41 Å². The van der Waals surface area contributed by atoms with Gasteiger partial charge in [-0.15, -0.1) is 0 Å². The predicted molar refractivity (Wildman–Crippen MR) is 80.2 cm³/mol. The summed E-state index contributed by atoms with van der Waals surface area (Å²) in [5.41, 5.74) is -1.11. The molecule has 2 unspecified atom stereocenters. The Morgan fingerprint density at radius 1 is 1.43 bits per heavy atom. The van der Waals surface area contributed by atoms with Crippen molar-refractivity contribution in [3.63, 3.8) is 0 Å². The molecule has 0 saturated heterocycles. The minimum Gasteiger partial charge on any atom is -0.481 e. The topological polar surface area (TPSA) is 83.5 Å². The van der Waals surface area contributed by atoms with Crippen LogP contribution >= 0.6 is 23.2 Å². The molecule has 5 nitrogen and oxygen atoms in total. The van der Waals surface area contributed by atoms with Crippen molar-refractivity contribution < 1.29 is 18.3 Å². The molecule has 2 rings (SSSR count). The van der Waals surface area contributed by atoms with Crippen LogP contribution in [0, 0.1) is 5.41 Å². The maximum absolute atomic E-state index is 12.4. The van der Waals surface area contributed by atoms with Gasteiger partial charge in [0.2, 0.25) is 10.0 Å². The number of carboxylic acid groups (broad SMARTS) is 1. The van der Waals surface area contributed by atoms with Gasteiger partial charge in [-0.1, -0.05) is 35.7 Å². The maximum atomic E-state index is 12.4. The highest BCUT2D eigenvalue weighted by Gasteiger charge is 2.47. The van der Waals surface area contributed by atoms with E-state index in [0.717, 1.165) is 0 Å². The molecule has 0 spiro atoms. The summed E-state index contributed by atoms with van der Waals surface area (Å²) in [7, 11) is -3.93. The first-order valence-corrected chi connectivity index (χ1v) is 8.62. The molecule has 0 aliphatic heterocycles. The lowest BCUT2D eigenvalue weighted by Gasteiger charge is -2.27. The lowest BCUT2D eigenvalue weighted by atomic mass is 9.85. The highest BCUT2D eigenvalue weighted by molar-refractivity contribution is 7.89. The molecule has 0 heterocycles. The number of rotatable bonds is 4. The highest BCUT2D eigenvalue weighted by Crippen LogP contribution is 2.39. The molecule has 0 bridgehead atoms. The molecule has 8 heteroatoms. The van der Waals surface area contributed by atoms with Crippen molar-refractivity contribution in [1.82, 2.24) is 4.72 Å². The summed E-state index contributed by atoms with van der Waals surface area (Å²) in [6, 6.07) is 3.63. The van der Waals surface area contributed by atoms with E-state index in [2.05, 4.69) is 4.72 Å². The van der Waals surface area contributed by atoms with Crippen molar-refractivity contribution in [3.8, 4) is 0 Å². The van der Waals surface area contributed by atoms with Crippen molar-refractivity contribution in [2.75, 3.05) is 0 Å². The van der Waals surface area contributed by atoms with Crippen LogP contribution in [0.15, 0.2) is 23.1 Å². The number of nitrogens with one attached hydrogen (secondary N) is 1. The number of sulfonamides is 1. The zero-order chi connectivity index (χ0) is 15.8. The monoisotopic (exact) mass is 351 g/mol. The summed E-state index contributed by atoms with van der Waals surface area (Å²) in [5.74, 6) is -1.01. The molecule has 1 aliphatic rings. The van der Waals surface area contributed by atoms with Crippen molar-refractivity contribution in [3.05, 3.63) is 28.2 Å². The van der Waals surface area contributed by atoms with E-state index in [-0.39, 0.29) is 14.9 Å². The van der Waals surface area contributed by atoms with Gasteiger partial charge in [0.15, 0.2) is 0 Å². The molecule has 116 valence electrons. The minimum atomic E-state index is -3.93. The van der Waals surface area contributed by atoms with Crippen LogP contribution in [-0.4, -0.2) is 25.5 Å². The van der Waals surface area contributed by atoms with Gasteiger partial charge in [0.1, 0.15) is 4.90 Å². The quantitative estimate of drug-likeness (QED) is 0.873. The van der Waals surface area contributed by atoms with E-state index in [1.807, 2.05) is 0 Å². The number of aliphatic carboxylic acids is 1. The van der Waals surface area contributed by atoms with Crippen LogP contribution in [0.25, 0.3) is 0 Å². The second kappa shape index (κ2) is 5.76. The SMILES string of the molecule is CC1(C(=O)O)CCCC1NS(=O)(=O)c1cccc(Cl)c1Cl. The van der Waals surface area contributed by atoms with Gasteiger partial charge >= 0.3 is 5.97 Å². The molecule has 2 atom stereocenters. The van der Waals surface area contributed by atoms with Gasteiger partial charge in [-0.05, 0) is 31.9 Å². The smallest absolute Gasteiger partial charge is 0.310 e. The molecule has 0 amide bonds. The zero-order valence-electron chi connectivity index (χ0n) is 11.3. The summed E-state index contributed by atoms with van der Waals surface area (Å²) in [4.78, 5) is 11.3. The Labute approximate surface area is 133 Å². The lowest BCUT2D eigenvalue weighted by molar-refractivity contribution is -0.148. The van der Waals surface area contributed by atoms with Gasteiger partial charge in [0.25, 0.3) is 0 Å². The van der Waals surface area contributed by atoms with E-state index >= 15 is 0 Å². The van der Waals surface area contributed by atoms with E-state index in [0.29, 0.717) is 19.3 Å². The number of halogens is 2. The summed E-state index contributed by atoms with van der Waals surface area (Å²) in [5, 5.41) is 9.39. The van der Waals surface area contributed by atoms with Crippen LogP contribution in [0.5, 0.6) is 0 Å². The fraction of sp³-hybridized carbons (Fsp3) is 0.462. The molecule has 21 heavy (non-hydrogen) atoms. The third-order valence-corrected chi connectivity index (χ3v) is 6.39. The second-order valence-corrected chi connectivity index (χ2v) is 7.81. The average Bonchev–Trinajstić information content (AvgIpc) is 2.75. The molecule has 0 radical (unpaired) electrons. The molecule has 1 fully saturated rings.